The van der Waals surface area contributed by atoms with Gasteiger partial charge in [-0.05, 0) is 99.1 Å². The molecule has 0 amide bonds. The van der Waals surface area contributed by atoms with Gasteiger partial charge in [0.1, 0.15) is 22.3 Å². The summed E-state index contributed by atoms with van der Waals surface area (Å²) in [5.74, 6) is 0. The zero-order valence-corrected chi connectivity index (χ0v) is 24.7. The number of hydrogen-bond acceptors (Lipinski definition) is 3. The molecular weight excluding hydrogens is 562 g/mol. The zero-order chi connectivity index (χ0) is 30.6. The Morgan fingerprint density at radius 3 is 1.78 bits per heavy atom. The first-order chi connectivity index (χ1) is 22.7. The van der Waals surface area contributed by atoms with Crippen molar-refractivity contribution in [3.05, 3.63) is 157 Å². The normalized spacial score (nSPS) is 11.5. The highest BCUT2D eigenvalue weighted by molar-refractivity contribution is 6.13. The maximum Gasteiger partial charge on any atom is 0.136 e. The van der Waals surface area contributed by atoms with Crippen LogP contribution in [0.2, 0.25) is 0 Å². The van der Waals surface area contributed by atoms with Crippen LogP contribution in [0.3, 0.4) is 0 Å². The third-order valence-corrected chi connectivity index (χ3v) is 8.91. The first-order valence-corrected chi connectivity index (χ1v) is 15.3. The molecule has 3 nitrogen and oxygen atoms in total. The lowest BCUT2D eigenvalue weighted by molar-refractivity contribution is 0.668. The van der Waals surface area contributed by atoms with Crippen LogP contribution in [0, 0.1) is 11.3 Å². The van der Waals surface area contributed by atoms with Crippen molar-refractivity contribution in [2.45, 2.75) is 0 Å². The Bertz CT molecular complexity index is 2650. The summed E-state index contributed by atoms with van der Waals surface area (Å²) in [5, 5.41) is 14.6. The molecule has 46 heavy (non-hydrogen) atoms. The molecule has 9 rings (SSSR count). The largest absolute Gasteiger partial charge is 0.456 e. The maximum absolute atomic E-state index is 10.2. The predicted molar refractivity (Wildman–Crippen MR) is 187 cm³/mol. The van der Waals surface area contributed by atoms with Gasteiger partial charge >= 0.3 is 0 Å². The van der Waals surface area contributed by atoms with E-state index in [9.17, 15) is 5.26 Å². The van der Waals surface area contributed by atoms with E-state index in [1.165, 1.54) is 0 Å². The summed E-state index contributed by atoms with van der Waals surface area (Å²) >= 11 is 0. The standard InChI is InChI=1S/C43H25NO2/c44-26-33-21-28(17-19-34(33)27-9-2-1-3-10-27)30-22-31(29-18-20-41-38(25-29)36-11-4-6-14-39(36)45-41)24-32(23-30)35-13-8-16-42-43(35)37-12-5-7-15-40(37)46-42/h1-25H. The molecule has 2 heterocycles. The second-order valence-corrected chi connectivity index (χ2v) is 11.6. The summed E-state index contributed by atoms with van der Waals surface area (Å²) in [5.41, 5.74) is 12.4. The van der Waals surface area contributed by atoms with Crippen LogP contribution in [0.5, 0.6) is 0 Å². The molecule has 0 atom stereocenters. The number of benzene rings is 7. The Labute approximate surface area is 265 Å². The number of rotatable bonds is 4. The van der Waals surface area contributed by atoms with Crippen molar-refractivity contribution in [2.75, 3.05) is 0 Å². The van der Waals surface area contributed by atoms with E-state index in [0.29, 0.717) is 5.56 Å². The summed E-state index contributed by atoms with van der Waals surface area (Å²) in [6.45, 7) is 0. The van der Waals surface area contributed by atoms with Gasteiger partial charge in [0.2, 0.25) is 0 Å². The van der Waals surface area contributed by atoms with Crippen molar-refractivity contribution >= 4 is 43.9 Å². The van der Waals surface area contributed by atoms with Crippen molar-refractivity contribution in [2.24, 2.45) is 0 Å². The summed E-state index contributed by atoms with van der Waals surface area (Å²) in [6.07, 6.45) is 0. The highest BCUT2D eigenvalue weighted by atomic mass is 16.3. The smallest absolute Gasteiger partial charge is 0.136 e. The summed E-state index contributed by atoms with van der Waals surface area (Å²) in [6, 6.07) is 54.4. The molecule has 0 aliphatic rings. The van der Waals surface area contributed by atoms with Crippen LogP contribution in [0.25, 0.3) is 88.4 Å². The molecule has 2 aromatic heterocycles. The average molecular weight is 588 g/mol. The third-order valence-electron chi connectivity index (χ3n) is 8.91. The summed E-state index contributed by atoms with van der Waals surface area (Å²) in [7, 11) is 0. The van der Waals surface area contributed by atoms with Crippen LogP contribution in [0.15, 0.2) is 160 Å². The first kappa shape index (κ1) is 26.1. The maximum atomic E-state index is 10.2. The third kappa shape index (κ3) is 4.20. The Morgan fingerprint density at radius 1 is 0.370 bits per heavy atom. The van der Waals surface area contributed by atoms with E-state index in [1.54, 1.807) is 0 Å². The van der Waals surface area contributed by atoms with Gasteiger partial charge in [-0.15, -0.1) is 0 Å². The molecule has 0 fully saturated rings. The summed E-state index contributed by atoms with van der Waals surface area (Å²) < 4.78 is 12.4. The van der Waals surface area contributed by atoms with Gasteiger partial charge in [0.05, 0.1) is 11.6 Å². The van der Waals surface area contributed by atoms with Crippen molar-refractivity contribution in [3.8, 4) is 50.6 Å². The van der Waals surface area contributed by atoms with Gasteiger partial charge < -0.3 is 8.83 Å². The number of nitrogens with zero attached hydrogens (tertiary/aromatic N) is 1. The Morgan fingerprint density at radius 2 is 0.978 bits per heavy atom. The van der Waals surface area contributed by atoms with E-state index in [-0.39, 0.29) is 0 Å². The minimum atomic E-state index is 0.643. The molecule has 7 aromatic carbocycles. The number of para-hydroxylation sites is 2. The molecule has 0 spiro atoms. The average Bonchev–Trinajstić information content (AvgIpc) is 3.69. The minimum absolute atomic E-state index is 0.643. The second kappa shape index (κ2) is 10.4. The second-order valence-electron chi connectivity index (χ2n) is 11.6. The molecule has 0 aliphatic carbocycles. The van der Waals surface area contributed by atoms with Gasteiger partial charge in [-0.1, -0.05) is 97.1 Å². The lowest BCUT2D eigenvalue weighted by atomic mass is 9.90. The monoisotopic (exact) mass is 587 g/mol. The molecule has 3 heteroatoms. The van der Waals surface area contributed by atoms with Gasteiger partial charge in [0.15, 0.2) is 0 Å². The molecule has 0 radical (unpaired) electrons. The van der Waals surface area contributed by atoms with Crippen molar-refractivity contribution in [1.29, 1.82) is 5.26 Å². The Hall–Kier alpha value is -6.37. The van der Waals surface area contributed by atoms with Gasteiger partial charge in [0, 0.05) is 21.5 Å². The van der Waals surface area contributed by atoms with E-state index in [1.807, 2.05) is 72.8 Å². The Balaban J connectivity index is 1.29. The summed E-state index contributed by atoms with van der Waals surface area (Å²) in [4.78, 5) is 0. The van der Waals surface area contributed by atoms with Crippen LogP contribution in [0.4, 0.5) is 0 Å². The van der Waals surface area contributed by atoms with E-state index < -0.39 is 0 Å². The minimum Gasteiger partial charge on any atom is -0.456 e. The lowest BCUT2D eigenvalue weighted by Crippen LogP contribution is -1.90. The van der Waals surface area contributed by atoms with E-state index in [0.717, 1.165) is 88.4 Å². The van der Waals surface area contributed by atoms with Gasteiger partial charge in [-0.3, -0.25) is 0 Å². The van der Waals surface area contributed by atoms with Crippen molar-refractivity contribution < 1.29 is 8.83 Å². The molecule has 0 saturated carbocycles. The van der Waals surface area contributed by atoms with E-state index in [4.69, 9.17) is 8.83 Å². The SMILES string of the molecule is N#Cc1cc(-c2cc(-c3ccc4oc5ccccc5c4c3)cc(-c3cccc4oc5ccccc5c34)c2)ccc1-c1ccccc1. The fraction of sp³-hybridized carbons (Fsp3) is 0. The first-order valence-electron chi connectivity index (χ1n) is 15.3. The molecule has 0 aliphatic heterocycles. The van der Waals surface area contributed by atoms with Crippen molar-refractivity contribution in [3.63, 3.8) is 0 Å². The molecule has 0 bridgehead atoms. The van der Waals surface area contributed by atoms with Crippen LogP contribution in [-0.4, -0.2) is 0 Å². The number of hydrogen-bond donors (Lipinski definition) is 0. The quantitative estimate of drug-likeness (QED) is 0.206. The van der Waals surface area contributed by atoms with Crippen LogP contribution >= 0.6 is 0 Å². The highest BCUT2D eigenvalue weighted by Gasteiger charge is 2.16. The van der Waals surface area contributed by atoms with Crippen molar-refractivity contribution in [1.82, 2.24) is 0 Å². The van der Waals surface area contributed by atoms with Crippen LogP contribution in [0.1, 0.15) is 5.56 Å². The fourth-order valence-electron chi connectivity index (χ4n) is 6.72. The topological polar surface area (TPSA) is 50.1 Å². The number of fused-ring (bicyclic) bond motifs is 6. The zero-order valence-electron chi connectivity index (χ0n) is 24.7. The molecule has 0 saturated heterocycles. The molecule has 214 valence electrons. The molecule has 0 unspecified atom stereocenters. The lowest BCUT2D eigenvalue weighted by Gasteiger charge is -2.13. The molecule has 0 N–H and O–H groups in total. The number of furan rings is 2. The van der Waals surface area contributed by atoms with Gasteiger partial charge in [-0.2, -0.15) is 5.26 Å². The molecule has 9 aromatic rings. The Kier molecular flexibility index (Phi) is 5.88. The number of nitriles is 1. The van der Waals surface area contributed by atoms with E-state index >= 15 is 0 Å². The van der Waals surface area contributed by atoms with Gasteiger partial charge in [-0.25, -0.2) is 0 Å². The molecular formula is C43H25NO2. The predicted octanol–water partition coefficient (Wildman–Crippen LogP) is 12.0. The van der Waals surface area contributed by atoms with Crippen LogP contribution in [-0.2, 0) is 0 Å². The van der Waals surface area contributed by atoms with Crippen LogP contribution < -0.4 is 0 Å². The van der Waals surface area contributed by atoms with E-state index in [2.05, 4.69) is 84.9 Å². The fourth-order valence-corrected chi connectivity index (χ4v) is 6.72. The highest BCUT2D eigenvalue weighted by Crippen LogP contribution is 2.41. The van der Waals surface area contributed by atoms with Gasteiger partial charge in [0.25, 0.3) is 0 Å².